The third kappa shape index (κ3) is 2.76. The van der Waals surface area contributed by atoms with Gasteiger partial charge in [0.2, 0.25) is 0 Å². The number of aliphatic hydroxyl groups is 1. The molecule has 0 amide bonds. The van der Waals surface area contributed by atoms with E-state index in [2.05, 4.69) is 11.8 Å². The van der Waals surface area contributed by atoms with E-state index in [0.717, 1.165) is 19.0 Å². The molecule has 2 rings (SSSR count). The Morgan fingerprint density at radius 3 is 2.31 bits per heavy atom. The SMILES string of the molecule is CCC1CCN(C(CO)C(N)C2CC2)CC1. The Hall–Kier alpha value is -0.120. The van der Waals surface area contributed by atoms with Gasteiger partial charge in [-0.15, -0.1) is 0 Å². The van der Waals surface area contributed by atoms with Crippen LogP contribution in [0.1, 0.15) is 39.0 Å². The highest BCUT2D eigenvalue weighted by Crippen LogP contribution is 2.34. The van der Waals surface area contributed by atoms with Crippen LogP contribution in [-0.2, 0) is 0 Å². The summed E-state index contributed by atoms with van der Waals surface area (Å²) in [6, 6.07) is 0.411. The molecule has 16 heavy (non-hydrogen) atoms. The van der Waals surface area contributed by atoms with E-state index in [0.29, 0.717) is 5.92 Å². The molecule has 0 radical (unpaired) electrons. The van der Waals surface area contributed by atoms with Gasteiger partial charge in [-0.05, 0) is 50.6 Å². The number of likely N-dealkylation sites (tertiary alicyclic amines) is 1. The largest absolute Gasteiger partial charge is 0.395 e. The number of rotatable bonds is 5. The number of aliphatic hydroxyl groups excluding tert-OH is 1. The van der Waals surface area contributed by atoms with Crippen LogP contribution >= 0.6 is 0 Å². The summed E-state index contributed by atoms with van der Waals surface area (Å²) >= 11 is 0. The van der Waals surface area contributed by atoms with Gasteiger partial charge in [0.05, 0.1) is 6.61 Å². The summed E-state index contributed by atoms with van der Waals surface area (Å²) in [5, 5.41) is 9.53. The molecule has 2 unspecified atom stereocenters. The van der Waals surface area contributed by atoms with Crippen molar-refractivity contribution in [2.75, 3.05) is 19.7 Å². The molecule has 2 fully saturated rings. The van der Waals surface area contributed by atoms with Crippen LogP contribution in [0, 0.1) is 11.8 Å². The molecular formula is C13H26N2O. The number of piperidine rings is 1. The van der Waals surface area contributed by atoms with Gasteiger partial charge in [-0.1, -0.05) is 13.3 Å². The minimum atomic E-state index is 0.197. The van der Waals surface area contributed by atoms with Crippen LogP contribution in [0.4, 0.5) is 0 Å². The molecule has 1 saturated carbocycles. The number of nitrogens with zero attached hydrogens (tertiary/aromatic N) is 1. The zero-order valence-electron chi connectivity index (χ0n) is 10.4. The second-order valence-corrected chi connectivity index (χ2v) is 5.55. The molecule has 2 atom stereocenters. The van der Waals surface area contributed by atoms with Gasteiger partial charge in [0.1, 0.15) is 0 Å². The van der Waals surface area contributed by atoms with Crippen molar-refractivity contribution < 1.29 is 5.11 Å². The van der Waals surface area contributed by atoms with E-state index in [1.54, 1.807) is 0 Å². The maximum Gasteiger partial charge on any atom is 0.0602 e. The maximum absolute atomic E-state index is 9.53. The van der Waals surface area contributed by atoms with Gasteiger partial charge >= 0.3 is 0 Å². The van der Waals surface area contributed by atoms with E-state index < -0.39 is 0 Å². The van der Waals surface area contributed by atoms with Gasteiger partial charge in [-0.2, -0.15) is 0 Å². The van der Waals surface area contributed by atoms with Crippen LogP contribution in [0.5, 0.6) is 0 Å². The molecule has 1 heterocycles. The van der Waals surface area contributed by atoms with Gasteiger partial charge in [-0.25, -0.2) is 0 Å². The predicted octanol–water partition coefficient (Wildman–Crippen LogP) is 1.21. The van der Waals surface area contributed by atoms with E-state index in [9.17, 15) is 5.11 Å². The van der Waals surface area contributed by atoms with Crippen molar-refractivity contribution in [3.05, 3.63) is 0 Å². The normalized spacial score (nSPS) is 27.9. The smallest absolute Gasteiger partial charge is 0.0602 e. The molecule has 1 aliphatic heterocycles. The fourth-order valence-electron chi connectivity index (χ4n) is 2.97. The summed E-state index contributed by atoms with van der Waals surface area (Å²) in [5.41, 5.74) is 6.23. The average molecular weight is 226 g/mol. The van der Waals surface area contributed by atoms with E-state index in [1.807, 2.05) is 0 Å². The van der Waals surface area contributed by atoms with Crippen LogP contribution < -0.4 is 5.73 Å². The Labute approximate surface area is 99.0 Å². The molecule has 1 aliphatic carbocycles. The first-order valence-corrected chi connectivity index (χ1v) is 6.86. The molecule has 94 valence electrons. The van der Waals surface area contributed by atoms with E-state index in [4.69, 9.17) is 5.73 Å². The molecular weight excluding hydrogens is 200 g/mol. The molecule has 0 aromatic rings. The van der Waals surface area contributed by atoms with Gasteiger partial charge in [0, 0.05) is 12.1 Å². The summed E-state index contributed by atoms with van der Waals surface area (Å²) in [5.74, 6) is 1.58. The lowest BCUT2D eigenvalue weighted by Gasteiger charge is -2.39. The number of hydrogen-bond acceptors (Lipinski definition) is 3. The van der Waals surface area contributed by atoms with Crippen molar-refractivity contribution in [1.82, 2.24) is 4.90 Å². The standard InChI is InChI=1S/C13H26N2O/c1-2-10-5-7-15(8-6-10)12(9-16)13(14)11-3-4-11/h10-13,16H,2-9,14H2,1H3. The first-order chi connectivity index (χ1) is 7.76. The predicted molar refractivity (Wildman–Crippen MR) is 66.2 cm³/mol. The minimum Gasteiger partial charge on any atom is -0.395 e. The lowest BCUT2D eigenvalue weighted by molar-refractivity contribution is 0.0665. The first kappa shape index (κ1) is 12.3. The lowest BCUT2D eigenvalue weighted by Crippen LogP contribution is -2.53. The quantitative estimate of drug-likeness (QED) is 0.741. The van der Waals surface area contributed by atoms with E-state index in [-0.39, 0.29) is 18.7 Å². The van der Waals surface area contributed by atoms with Crippen LogP contribution in [0.2, 0.25) is 0 Å². The highest BCUT2D eigenvalue weighted by molar-refractivity contribution is 4.94. The third-order valence-electron chi connectivity index (χ3n) is 4.49. The number of hydrogen-bond donors (Lipinski definition) is 2. The fourth-order valence-corrected chi connectivity index (χ4v) is 2.97. The molecule has 0 aromatic carbocycles. The summed E-state index contributed by atoms with van der Waals surface area (Å²) in [4.78, 5) is 2.43. The van der Waals surface area contributed by atoms with Crippen LogP contribution in [0.3, 0.4) is 0 Å². The monoisotopic (exact) mass is 226 g/mol. The van der Waals surface area contributed by atoms with E-state index in [1.165, 1.54) is 32.1 Å². The summed E-state index contributed by atoms with van der Waals surface area (Å²) in [6.45, 7) is 4.77. The Balaban J connectivity index is 1.84. The highest BCUT2D eigenvalue weighted by Gasteiger charge is 2.37. The molecule has 3 nitrogen and oxygen atoms in total. The highest BCUT2D eigenvalue weighted by atomic mass is 16.3. The minimum absolute atomic E-state index is 0.197. The average Bonchev–Trinajstić information content (AvgIpc) is 3.14. The topological polar surface area (TPSA) is 49.5 Å². The number of nitrogens with two attached hydrogens (primary N) is 1. The molecule has 0 aromatic heterocycles. The molecule has 3 heteroatoms. The second-order valence-electron chi connectivity index (χ2n) is 5.55. The van der Waals surface area contributed by atoms with Crippen molar-refractivity contribution in [1.29, 1.82) is 0 Å². The molecule has 3 N–H and O–H groups in total. The Morgan fingerprint density at radius 1 is 1.25 bits per heavy atom. The van der Waals surface area contributed by atoms with Crippen LogP contribution in [-0.4, -0.2) is 41.8 Å². The van der Waals surface area contributed by atoms with E-state index >= 15 is 0 Å². The summed E-state index contributed by atoms with van der Waals surface area (Å²) in [7, 11) is 0. The van der Waals surface area contributed by atoms with Crippen LogP contribution in [0.25, 0.3) is 0 Å². The fraction of sp³-hybridized carbons (Fsp3) is 1.00. The second kappa shape index (κ2) is 5.48. The van der Waals surface area contributed by atoms with Crippen molar-refractivity contribution in [3.63, 3.8) is 0 Å². The lowest BCUT2D eigenvalue weighted by atomic mass is 9.92. The zero-order chi connectivity index (χ0) is 11.5. The maximum atomic E-state index is 9.53. The van der Waals surface area contributed by atoms with Gasteiger partial charge in [-0.3, -0.25) is 4.90 Å². The van der Waals surface area contributed by atoms with Gasteiger partial charge in [0.15, 0.2) is 0 Å². The van der Waals surface area contributed by atoms with Crippen LogP contribution in [0.15, 0.2) is 0 Å². The van der Waals surface area contributed by atoms with Crippen molar-refractivity contribution in [2.24, 2.45) is 17.6 Å². The summed E-state index contributed by atoms with van der Waals surface area (Å²) < 4.78 is 0. The molecule has 2 aliphatic rings. The molecule has 0 spiro atoms. The van der Waals surface area contributed by atoms with Crippen molar-refractivity contribution in [3.8, 4) is 0 Å². The summed E-state index contributed by atoms with van der Waals surface area (Å²) in [6.07, 6.45) is 6.40. The Morgan fingerprint density at radius 2 is 1.88 bits per heavy atom. The molecule has 1 saturated heterocycles. The zero-order valence-corrected chi connectivity index (χ0v) is 10.4. The Bertz CT molecular complexity index is 210. The van der Waals surface area contributed by atoms with Gasteiger partial charge < -0.3 is 10.8 Å². The third-order valence-corrected chi connectivity index (χ3v) is 4.49. The van der Waals surface area contributed by atoms with Gasteiger partial charge in [0.25, 0.3) is 0 Å². The van der Waals surface area contributed by atoms with Crippen molar-refractivity contribution >= 4 is 0 Å². The van der Waals surface area contributed by atoms with Crippen molar-refractivity contribution in [2.45, 2.75) is 51.1 Å². The Kier molecular flexibility index (Phi) is 4.22. The molecule has 0 bridgehead atoms. The first-order valence-electron chi connectivity index (χ1n) is 6.86.